The van der Waals surface area contributed by atoms with E-state index in [0.717, 1.165) is 12.1 Å². The number of ether oxygens (including phenoxy) is 3. The molecule has 3 rings (SSSR count). The Bertz CT molecular complexity index is 919. The maximum atomic E-state index is 12.5. The molecule has 1 aliphatic heterocycles. The smallest absolute Gasteiger partial charge is 0.456 e. The van der Waals surface area contributed by atoms with Gasteiger partial charge in [0.05, 0.1) is 6.54 Å². The van der Waals surface area contributed by atoms with Gasteiger partial charge in [0.2, 0.25) is 6.41 Å². The number of nitro groups is 1. The van der Waals surface area contributed by atoms with Gasteiger partial charge in [-0.25, -0.2) is 0 Å². The molecule has 0 saturated heterocycles. The molecule has 1 amide bonds. The Morgan fingerprint density at radius 3 is 2.50 bits per heavy atom. The standard InChI is InChI=1S/C10H8F5NO2.C7H9N3O4/c11-9(12,10(13,14)15)5-18-8-3-1-7(2-4-8)16-6-17;1-13-5-2-9-3-6(10(11)12)8-7(9)14-4-5/h1-4,6H,5H2,(H,16,17);3,5H,2,4H2,1H3. The highest BCUT2D eigenvalue weighted by Crippen LogP contribution is 2.35. The second kappa shape index (κ2) is 10.2. The van der Waals surface area contributed by atoms with Crippen LogP contribution in [0.2, 0.25) is 0 Å². The predicted octanol–water partition coefficient (Wildman–Crippen LogP) is 3.03. The largest absolute Gasteiger partial charge is 0.487 e. The number of nitrogens with one attached hydrogen (secondary N) is 1. The maximum absolute atomic E-state index is 12.5. The number of amides is 1. The van der Waals surface area contributed by atoms with Gasteiger partial charge in [0.25, 0.3) is 0 Å². The number of carbonyl (C=O) groups excluding carboxylic acids is 1. The van der Waals surface area contributed by atoms with Crippen LogP contribution in [0.4, 0.5) is 33.5 Å². The summed E-state index contributed by atoms with van der Waals surface area (Å²) < 4.78 is 76.7. The quantitative estimate of drug-likeness (QED) is 0.287. The van der Waals surface area contributed by atoms with Crippen LogP contribution >= 0.6 is 0 Å². The number of fused-ring (bicyclic) bond motifs is 1. The number of rotatable bonds is 7. The van der Waals surface area contributed by atoms with Crippen molar-refractivity contribution < 1.29 is 45.9 Å². The number of aromatic nitrogens is 2. The van der Waals surface area contributed by atoms with Gasteiger partial charge in [-0.05, 0) is 29.2 Å². The molecule has 0 radical (unpaired) electrons. The molecule has 1 unspecified atom stereocenters. The van der Waals surface area contributed by atoms with Crippen molar-refractivity contribution in [3.63, 3.8) is 0 Å². The van der Waals surface area contributed by atoms with Crippen LogP contribution in [-0.2, 0) is 16.1 Å². The zero-order valence-corrected chi connectivity index (χ0v) is 16.3. The summed E-state index contributed by atoms with van der Waals surface area (Å²) >= 11 is 0. The van der Waals surface area contributed by atoms with E-state index in [1.807, 2.05) is 0 Å². The molecule has 0 fully saturated rings. The number of carbonyl (C=O) groups is 1. The third-order valence-corrected chi connectivity index (χ3v) is 3.96. The number of halogens is 5. The summed E-state index contributed by atoms with van der Waals surface area (Å²) in [6.45, 7) is -0.881. The molecule has 0 aliphatic carbocycles. The molecular weight excluding hydrogens is 451 g/mol. The van der Waals surface area contributed by atoms with Crippen molar-refractivity contribution in [2.75, 3.05) is 25.6 Å². The van der Waals surface area contributed by atoms with Crippen molar-refractivity contribution in [2.24, 2.45) is 0 Å². The van der Waals surface area contributed by atoms with E-state index in [9.17, 15) is 36.9 Å². The van der Waals surface area contributed by atoms with Crippen molar-refractivity contribution in [1.29, 1.82) is 0 Å². The number of imidazole rings is 1. The molecule has 32 heavy (non-hydrogen) atoms. The van der Waals surface area contributed by atoms with E-state index < -0.39 is 23.6 Å². The van der Waals surface area contributed by atoms with Gasteiger partial charge in [-0.15, -0.1) is 0 Å². The Kier molecular flexibility index (Phi) is 7.91. The lowest BCUT2D eigenvalue weighted by molar-refractivity contribution is -0.389. The summed E-state index contributed by atoms with van der Waals surface area (Å²) in [5, 5.41) is 12.7. The summed E-state index contributed by atoms with van der Waals surface area (Å²) in [4.78, 5) is 23.6. The number of methoxy groups -OCH3 is 1. The molecule has 2 heterocycles. The van der Waals surface area contributed by atoms with Gasteiger partial charge >= 0.3 is 23.9 Å². The van der Waals surface area contributed by atoms with E-state index in [2.05, 4.69) is 15.0 Å². The Morgan fingerprint density at radius 2 is 1.97 bits per heavy atom. The lowest BCUT2D eigenvalue weighted by Gasteiger charge is -2.20. The number of anilines is 1. The first kappa shape index (κ1) is 24.8. The molecule has 10 nitrogen and oxygen atoms in total. The Hall–Kier alpha value is -3.49. The van der Waals surface area contributed by atoms with Gasteiger partial charge < -0.3 is 29.6 Å². The van der Waals surface area contributed by atoms with Gasteiger partial charge in [-0.1, -0.05) is 0 Å². The molecule has 1 atom stereocenters. The van der Waals surface area contributed by atoms with Crippen molar-refractivity contribution in [3.05, 3.63) is 40.6 Å². The third kappa shape index (κ3) is 6.50. The number of hydrogen-bond donors (Lipinski definition) is 1. The molecule has 0 spiro atoms. The van der Waals surface area contributed by atoms with Crippen LogP contribution in [0, 0.1) is 10.1 Å². The van der Waals surface area contributed by atoms with Gasteiger partial charge in [0.1, 0.15) is 24.7 Å². The Morgan fingerprint density at radius 1 is 1.31 bits per heavy atom. The zero-order chi connectivity index (χ0) is 23.9. The first-order valence-electron chi connectivity index (χ1n) is 8.71. The average molecular weight is 468 g/mol. The first-order chi connectivity index (χ1) is 15.0. The first-order valence-corrected chi connectivity index (χ1v) is 8.71. The molecule has 15 heteroatoms. The van der Waals surface area contributed by atoms with Crippen LogP contribution < -0.4 is 14.8 Å². The maximum Gasteiger partial charge on any atom is 0.456 e. The minimum atomic E-state index is -5.65. The minimum absolute atomic E-state index is 0.0729. The number of nitrogens with zero attached hydrogens (tertiary/aromatic N) is 3. The number of hydrogen-bond acceptors (Lipinski definition) is 7. The summed E-state index contributed by atoms with van der Waals surface area (Å²) in [5.41, 5.74) is 0.361. The van der Waals surface area contributed by atoms with Crippen LogP contribution in [0.3, 0.4) is 0 Å². The lowest BCUT2D eigenvalue weighted by atomic mass is 10.3. The number of alkyl halides is 5. The lowest BCUT2D eigenvalue weighted by Crippen LogP contribution is -2.41. The number of benzene rings is 1. The van der Waals surface area contributed by atoms with Crippen molar-refractivity contribution in [1.82, 2.24) is 9.55 Å². The fourth-order valence-corrected chi connectivity index (χ4v) is 2.27. The molecule has 0 bridgehead atoms. The molecule has 1 N–H and O–H groups in total. The Labute approximate surface area is 177 Å². The van der Waals surface area contributed by atoms with Crippen LogP contribution in [0.5, 0.6) is 11.8 Å². The second-order valence-electron chi connectivity index (χ2n) is 6.24. The second-order valence-corrected chi connectivity index (χ2v) is 6.24. The summed E-state index contributed by atoms with van der Waals surface area (Å²) in [6, 6.07) is 5.21. The third-order valence-electron chi connectivity index (χ3n) is 3.96. The molecule has 1 aromatic carbocycles. The van der Waals surface area contributed by atoms with Crippen LogP contribution in [-0.4, -0.2) is 59.4 Å². The van der Waals surface area contributed by atoms with E-state index in [1.54, 1.807) is 11.7 Å². The summed E-state index contributed by atoms with van der Waals surface area (Å²) in [7, 11) is 1.57. The molecular formula is C17H17F5N4O6. The van der Waals surface area contributed by atoms with E-state index in [0.29, 0.717) is 25.2 Å². The van der Waals surface area contributed by atoms with Gasteiger partial charge in [0, 0.05) is 17.8 Å². The highest BCUT2D eigenvalue weighted by Gasteiger charge is 2.58. The van der Waals surface area contributed by atoms with E-state index in [1.165, 1.54) is 18.3 Å². The zero-order valence-electron chi connectivity index (χ0n) is 16.3. The van der Waals surface area contributed by atoms with Crippen molar-refractivity contribution >= 4 is 17.9 Å². The van der Waals surface area contributed by atoms with Gasteiger partial charge in [-0.2, -0.15) is 22.0 Å². The average Bonchev–Trinajstić information content (AvgIpc) is 3.17. The molecule has 0 saturated carbocycles. The molecule has 2 aromatic rings. The normalized spacial score (nSPS) is 15.5. The summed E-state index contributed by atoms with van der Waals surface area (Å²) in [5.74, 6) is -5.26. The monoisotopic (exact) mass is 468 g/mol. The summed E-state index contributed by atoms with van der Waals surface area (Å²) in [6.07, 6.45) is -3.98. The van der Waals surface area contributed by atoms with Crippen molar-refractivity contribution in [2.45, 2.75) is 24.7 Å². The fourth-order valence-electron chi connectivity index (χ4n) is 2.27. The van der Waals surface area contributed by atoms with Crippen molar-refractivity contribution in [3.8, 4) is 11.8 Å². The SMILES string of the molecule is COC1COc2nc([N+](=O)[O-])cn2C1.O=CNc1ccc(OCC(F)(F)C(F)(F)F)cc1. The predicted molar refractivity (Wildman–Crippen MR) is 97.8 cm³/mol. The van der Waals surface area contributed by atoms with E-state index >= 15 is 0 Å². The Balaban J connectivity index is 0.000000233. The van der Waals surface area contributed by atoms with Gasteiger partial charge in [-0.3, -0.25) is 9.36 Å². The van der Waals surface area contributed by atoms with Gasteiger partial charge in [0.15, 0.2) is 6.61 Å². The highest BCUT2D eigenvalue weighted by atomic mass is 19.4. The van der Waals surface area contributed by atoms with E-state index in [-0.39, 0.29) is 23.7 Å². The molecule has 1 aliphatic rings. The topological polar surface area (TPSA) is 118 Å². The minimum Gasteiger partial charge on any atom is -0.487 e. The molecule has 1 aromatic heterocycles. The molecule has 176 valence electrons. The van der Waals surface area contributed by atoms with Crippen LogP contribution in [0.25, 0.3) is 0 Å². The fraction of sp³-hybridized carbons (Fsp3) is 0.412. The van der Waals surface area contributed by atoms with Crippen LogP contribution in [0.15, 0.2) is 30.5 Å². The van der Waals surface area contributed by atoms with E-state index in [4.69, 9.17) is 9.47 Å². The van der Waals surface area contributed by atoms with Crippen LogP contribution in [0.1, 0.15) is 0 Å². The highest BCUT2D eigenvalue weighted by molar-refractivity contribution is 5.71.